The molecule has 1 amide bonds. The number of amides is 1. The molecule has 0 aliphatic carbocycles. The summed E-state index contributed by atoms with van der Waals surface area (Å²) in [7, 11) is 0. The van der Waals surface area contributed by atoms with Crippen molar-refractivity contribution in [3.63, 3.8) is 0 Å². The van der Waals surface area contributed by atoms with Crippen molar-refractivity contribution in [3.8, 4) is 0 Å². The number of hydrogen-bond donors (Lipinski definition) is 1. The van der Waals surface area contributed by atoms with Gasteiger partial charge < -0.3 is 10.2 Å². The summed E-state index contributed by atoms with van der Waals surface area (Å²) in [6, 6.07) is 6.93. The average Bonchev–Trinajstić information content (AvgIpc) is 2.88. The molecular formula is C18H19F2N3O. The first-order valence-electron chi connectivity index (χ1n) is 8.11. The molecule has 0 bridgehead atoms. The number of aromatic nitrogens is 1. The summed E-state index contributed by atoms with van der Waals surface area (Å²) >= 11 is 0. The van der Waals surface area contributed by atoms with Gasteiger partial charge in [-0.3, -0.25) is 4.79 Å². The van der Waals surface area contributed by atoms with Crippen LogP contribution in [-0.2, 0) is 0 Å². The van der Waals surface area contributed by atoms with Gasteiger partial charge in [0.1, 0.15) is 5.69 Å². The molecule has 6 heteroatoms. The van der Waals surface area contributed by atoms with Crippen LogP contribution >= 0.6 is 0 Å². The van der Waals surface area contributed by atoms with E-state index in [9.17, 15) is 13.6 Å². The zero-order valence-electron chi connectivity index (χ0n) is 13.3. The number of nitrogens with one attached hydrogen (secondary N) is 1. The first kappa shape index (κ1) is 16.4. The van der Waals surface area contributed by atoms with Crippen molar-refractivity contribution in [3.05, 3.63) is 53.9 Å². The maximum absolute atomic E-state index is 13.2. The minimum atomic E-state index is -0.916. The molecule has 0 radical (unpaired) electrons. The predicted molar refractivity (Wildman–Crippen MR) is 88.2 cm³/mol. The Hall–Kier alpha value is -2.50. The zero-order chi connectivity index (χ0) is 16.9. The van der Waals surface area contributed by atoms with Gasteiger partial charge in [-0.1, -0.05) is 12.8 Å². The van der Waals surface area contributed by atoms with Gasteiger partial charge in [0.2, 0.25) is 0 Å². The fourth-order valence-electron chi connectivity index (χ4n) is 2.77. The number of benzene rings is 1. The third kappa shape index (κ3) is 3.88. The fraction of sp³-hybridized carbons (Fsp3) is 0.333. The molecular weight excluding hydrogens is 312 g/mol. The van der Waals surface area contributed by atoms with Crippen molar-refractivity contribution in [1.29, 1.82) is 0 Å². The maximum Gasteiger partial charge on any atom is 0.272 e. The molecule has 1 aliphatic rings. The largest absolute Gasteiger partial charge is 0.354 e. The molecule has 0 saturated carbocycles. The van der Waals surface area contributed by atoms with Crippen molar-refractivity contribution in [2.75, 3.05) is 18.4 Å². The minimum Gasteiger partial charge on any atom is -0.354 e. The second kappa shape index (κ2) is 7.38. The second-order valence-corrected chi connectivity index (χ2v) is 5.89. The Balaban J connectivity index is 1.68. The van der Waals surface area contributed by atoms with Crippen LogP contribution in [0.25, 0.3) is 0 Å². The molecule has 0 atom stereocenters. The van der Waals surface area contributed by atoms with Gasteiger partial charge in [-0.05, 0) is 37.1 Å². The van der Waals surface area contributed by atoms with Crippen LogP contribution in [0.5, 0.6) is 0 Å². The van der Waals surface area contributed by atoms with E-state index in [2.05, 4.69) is 10.3 Å². The van der Waals surface area contributed by atoms with Gasteiger partial charge in [0, 0.05) is 24.8 Å². The molecule has 1 saturated heterocycles. The van der Waals surface area contributed by atoms with Crippen LogP contribution in [0.3, 0.4) is 0 Å². The number of nitrogens with zero attached hydrogens (tertiary/aromatic N) is 2. The van der Waals surface area contributed by atoms with E-state index < -0.39 is 11.6 Å². The average molecular weight is 331 g/mol. The Labute approximate surface area is 139 Å². The van der Waals surface area contributed by atoms with Gasteiger partial charge in [-0.15, -0.1) is 0 Å². The summed E-state index contributed by atoms with van der Waals surface area (Å²) in [4.78, 5) is 18.5. The van der Waals surface area contributed by atoms with Crippen molar-refractivity contribution in [1.82, 2.24) is 9.88 Å². The summed E-state index contributed by atoms with van der Waals surface area (Å²) in [5.74, 6) is -1.87. The van der Waals surface area contributed by atoms with E-state index in [0.717, 1.165) is 50.9 Å². The monoisotopic (exact) mass is 331 g/mol. The summed E-state index contributed by atoms with van der Waals surface area (Å²) in [6.45, 7) is 1.55. The molecule has 2 heterocycles. The van der Waals surface area contributed by atoms with Gasteiger partial charge in [0.05, 0.1) is 11.9 Å². The number of rotatable bonds is 3. The third-order valence-corrected chi connectivity index (χ3v) is 4.08. The topological polar surface area (TPSA) is 45.2 Å². The Bertz CT molecular complexity index is 711. The highest BCUT2D eigenvalue weighted by Gasteiger charge is 2.18. The molecule has 4 nitrogen and oxygen atoms in total. The lowest BCUT2D eigenvalue weighted by Crippen LogP contribution is -2.32. The lowest BCUT2D eigenvalue weighted by Gasteiger charge is -2.19. The number of anilines is 2. The molecule has 3 rings (SSSR count). The molecule has 1 aromatic heterocycles. The zero-order valence-corrected chi connectivity index (χ0v) is 13.3. The number of carbonyl (C=O) groups excluding carboxylic acids is 1. The Kier molecular flexibility index (Phi) is 5.03. The van der Waals surface area contributed by atoms with Crippen LogP contribution < -0.4 is 5.32 Å². The summed E-state index contributed by atoms with van der Waals surface area (Å²) < 4.78 is 26.1. The number of halogens is 2. The van der Waals surface area contributed by atoms with E-state index in [1.807, 2.05) is 4.90 Å². The second-order valence-electron chi connectivity index (χ2n) is 5.89. The van der Waals surface area contributed by atoms with Crippen LogP contribution in [0.4, 0.5) is 20.2 Å². The van der Waals surface area contributed by atoms with Crippen LogP contribution in [0.2, 0.25) is 0 Å². The Morgan fingerprint density at radius 3 is 2.29 bits per heavy atom. The molecule has 24 heavy (non-hydrogen) atoms. The predicted octanol–water partition coefficient (Wildman–Crippen LogP) is 4.12. The summed E-state index contributed by atoms with van der Waals surface area (Å²) in [5.41, 5.74) is 1.42. The van der Waals surface area contributed by atoms with Crippen molar-refractivity contribution in [2.24, 2.45) is 0 Å². The maximum atomic E-state index is 13.2. The number of hydrogen-bond acceptors (Lipinski definition) is 3. The first-order valence-corrected chi connectivity index (χ1v) is 8.11. The third-order valence-electron chi connectivity index (χ3n) is 4.08. The lowest BCUT2D eigenvalue weighted by molar-refractivity contribution is 0.0756. The van der Waals surface area contributed by atoms with Gasteiger partial charge in [-0.2, -0.15) is 0 Å². The van der Waals surface area contributed by atoms with Crippen molar-refractivity contribution >= 4 is 17.3 Å². The summed E-state index contributed by atoms with van der Waals surface area (Å²) in [5, 5.41) is 2.93. The van der Waals surface area contributed by atoms with Crippen LogP contribution in [0.1, 0.15) is 36.2 Å². The van der Waals surface area contributed by atoms with Crippen LogP contribution in [0, 0.1) is 11.6 Å². The lowest BCUT2D eigenvalue weighted by atomic mass is 10.2. The highest BCUT2D eigenvalue weighted by molar-refractivity contribution is 5.92. The van der Waals surface area contributed by atoms with E-state index in [1.54, 1.807) is 12.1 Å². The van der Waals surface area contributed by atoms with E-state index in [4.69, 9.17) is 0 Å². The minimum absolute atomic E-state index is 0.0590. The van der Waals surface area contributed by atoms with Gasteiger partial charge in [0.15, 0.2) is 11.6 Å². The van der Waals surface area contributed by atoms with Crippen molar-refractivity contribution < 1.29 is 13.6 Å². The molecule has 1 fully saturated rings. The van der Waals surface area contributed by atoms with E-state index in [0.29, 0.717) is 17.1 Å². The highest BCUT2D eigenvalue weighted by atomic mass is 19.2. The fourth-order valence-corrected chi connectivity index (χ4v) is 2.77. The molecule has 1 aliphatic heterocycles. The van der Waals surface area contributed by atoms with Crippen molar-refractivity contribution in [2.45, 2.75) is 25.7 Å². The van der Waals surface area contributed by atoms with E-state index >= 15 is 0 Å². The van der Waals surface area contributed by atoms with E-state index in [1.165, 1.54) is 12.3 Å². The molecule has 126 valence electrons. The number of likely N-dealkylation sites (tertiary alicyclic amines) is 1. The molecule has 0 spiro atoms. The Morgan fingerprint density at radius 2 is 1.67 bits per heavy atom. The van der Waals surface area contributed by atoms with Crippen LogP contribution in [0.15, 0.2) is 36.5 Å². The van der Waals surface area contributed by atoms with Gasteiger partial charge >= 0.3 is 0 Å². The Morgan fingerprint density at radius 1 is 0.958 bits per heavy atom. The molecule has 0 unspecified atom stereocenters. The van der Waals surface area contributed by atoms with Gasteiger partial charge in [0.25, 0.3) is 5.91 Å². The first-order chi connectivity index (χ1) is 11.6. The molecule has 2 aromatic rings. The number of pyridine rings is 1. The van der Waals surface area contributed by atoms with Crippen LogP contribution in [-0.4, -0.2) is 28.9 Å². The highest BCUT2D eigenvalue weighted by Crippen LogP contribution is 2.19. The SMILES string of the molecule is O=C(c1ccc(Nc2ccc(F)c(F)c2)cn1)N1CCCCCC1. The molecule has 1 N–H and O–H groups in total. The normalized spacial score (nSPS) is 15.0. The van der Waals surface area contributed by atoms with Gasteiger partial charge in [-0.25, -0.2) is 13.8 Å². The molecule has 1 aromatic carbocycles. The smallest absolute Gasteiger partial charge is 0.272 e. The summed E-state index contributed by atoms with van der Waals surface area (Å²) in [6.07, 6.45) is 5.90. The van der Waals surface area contributed by atoms with E-state index in [-0.39, 0.29) is 5.91 Å². The number of carbonyl (C=O) groups is 1. The standard InChI is InChI=1S/C18H19F2N3O/c19-15-7-5-13(11-16(15)20)22-14-6-8-17(21-12-14)18(24)23-9-3-1-2-4-10-23/h5-8,11-12,22H,1-4,9-10H2. The quantitative estimate of drug-likeness (QED) is 0.920.